The van der Waals surface area contributed by atoms with Crippen molar-refractivity contribution in [2.75, 3.05) is 20.1 Å². The van der Waals surface area contributed by atoms with Gasteiger partial charge in [-0.05, 0) is 45.2 Å². The van der Waals surface area contributed by atoms with Crippen LogP contribution in [-0.2, 0) is 5.54 Å². The van der Waals surface area contributed by atoms with Gasteiger partial charge in [0.2, 0.25) is 0 Å². The number of rotatable bonds is 4. The predicted molar refractivity (Wildman–Crippen MR) is 80.8 cm³/mol. The molecule has 4 heteroatoms. The van der Waals surface area contributed by atoms with Gasteiger partial charge in [-0.3, -0.25) is 0 Å². The molecule has 0 radical (unpaired) electrons. The second-order valence-corrected chi connectivity index (χ2v) is 7.43. The molecule has 1 saturated carbocycles. The second kappa shape index (κ2) is 5.15. The molecule has 0 bridgehead atoms. The summed E-state index contributed by atoms with van der Waals surface area (Å²) < 4.78 is 0. The van der Waals surface area contributed by atoms with Crippen molar-refractivity contribution in [2.45, 2.75) is 57.0 Å². The predicted octanol–water partition coefficient (Wildman–Crippen LogP) is 2.94. The van der Waals surface area contributed by atoms with Gasteiger partial charge in [-0.15, -0.1) is 11.3 Å². The van der Waals surface area contributed by atoms with Crippen molar-refractivity contribution in [3.8, 4) is 0 Å². The molecule has 0 spiro atoms. The van der Waals surface area contributed by atoms with E-state index in [4.69, 9.17) is 4.98 Å². The maximum absolute atomic E-state index is 4.95. The molecule has 1 aliphatic heterocycles. The summed E-state index contributed by atoms with van der Waals surface area (Å²) >= 11 is 1.85. The quantitative estimate of drug-likeness (QED) is 0.918. The molecule has 0 aromatic carbocycles. The van der Waals surface area contributed by atoms with E-state index in [1.807, 2.05) is 11.3 Å². The van der Waals surface area contributed by atoms with E-state index >= 15 is 0 Å². The molecule has 1 unspecified atom stereocenters. The van der Waals surface area contributed by atoms with Crippen LogP contribution < -0.4 is 5.32 Å². The van der Waals surface area contributed by atoms with E-state index in [1.165, 1.54) is 42.9 Å². The number of aromatic nitrogens is 1. The molecular weight excluding hydrogens is 254 g/mol. The molecule has 2 heterocycles. The standard InChI is InChI=1S/C15H25N3S/c1-11(2)13-9-19-14(16-13)15(17-12-5-6-12)7-4-8-18(3)10-15/h9,11-12,17H,4-8,10H2,1-3H3. The summed E-state index contributed by atoms with van der Waals surface area (Å²) in [5.41, 5.74) is 1.37. The van der Waals surface area contributed by atoms with Crippen molar-refractivity contribution >= 4 is 11.3 Å². The molecule has 1 aromatic heterocycles. The summed E-state index contributed by atoms with van der Waals surface area (Å²) in [4.78, 5) is 7.40. The Bertz CT molecular complexity index is 434. The zero-order chi connectivity index (χ0) is 13.5. The molecule has 3 nitrogen and oxygen atoms in total. The molecule has 1 atom stereocenters. The van der Waals surface area contributed by atoms with E-state index in [9.17, 15) is 0 Å². The number of nitrogens with one attached hydrogen (secondary N) is 1. The number of nitrogens with zero attached hydrogens (tertiary/aromatic N) is 2. The third kappa shape index (κ3) is 2.86. The lowest BCUT2D eigenvalue weighted by atomic mass is 9.89. The third-order valence-electron chi connectivity index (χ3n) is 4.26. The number of likely N-dealkylation sites (N-methyl/N-ethyl adjacent to an activating group) is 1. The van der Waals surface area contributed by atoms with Crippen molar-refractivity contribution in [3.63, 3.8) is 0 Å². The summed E-state index contributed by atoms with van der Waals surface area (Å²) in [6.45, 7) is 6.78. The van der Waals surface area contributed by atoms with Crippen molar-refractivity contribution in [3.05, 3.63) is 16.1 Å². The summed E-state index contributed by atoms with van der Waals surface area (Å²) in [7, 11) is 2.24. The Morgan fingerprint density at radius 1 is 1.47 bits per heavy atom. The number of likely N-dealkylation sites (tertiary alicyclic amines) is 1. The zero-order valence-electron chi connectivity index (χ0n) is 12.3. The van der Waals surface area contributed by atoms with E-state index in [-0.39, 0.29) is 5.54 Å². The van der Waals surface area contributed by atoms with E-state index < -0.39 is 0 Å². The van der Waals surface area contributed by atoms with Crippen molar-refractivity contribution < 1.29 is 0 Å². The highest BCUT2D eigenvalue weighted by atomic mass is 32.1. The largest absolute Gasteiger partial charge is 0.304 e. The first-order chi connectivity index (χ1) is 9.09. The van der Waals surface area contributed by atoms with Crippen LogP contribution >= 0.6 is 11.3 Å². The highest BCUT2D eigenvalue weighted by Crippen LogP contribution is 2.37. The van der Waals surface area contributed by atoms with Gasteiger partial charge in [0.15, 0.2) is 0 Å². The normalized spacial score (nSPS) is 29.1. The first-order valence-corrected chi connectivity index (χ1v) is 8.39. The lowest BCUT2D eigenvalue weighted by molar-refractivity contribution is 0.141. The average molecular weight is 279 g/mol. The minimum atomic E-state index is 0.117. The molecule has 2 fully saturated rings. The molecule has 3 rings (SSSR count). The fourth-order valence-corrected chi connectivity index (χ4v) is 4.18. The van der Waals surface area contributed by atoms with Gasteiger partial charge in [-0.1, -0.05) is 13.8 Å². The number of piperidine rings is 1. The summed E-state index contributed by atoms with van der Waals surface area (Å²) in [5.74, 6) is 0.532. The molecule has 1 aromatic rings. The highest BCUT2D eigenvalue weighted by molar-refractivity contribution is 7.09. The fourth-order valence-electron chi connectivity index (χ4n) is 3.01. The number of thiazole rings is 1. The molecule has 1 N–H and O–H groups in total. The van der Waals surface area contributed by atoms with Crippen LogP contribution in [0.3, 0.4) is 0 Å². The van der Waals surface area contributed by atoms with Crippen LogP contribution in [0.15, 0.2) is 5.38 Å². The second-order valence-electron chi connectivity index (χ2n) is 6.57. The van der Waals surface area contributed by atoms with Crippen molar-refractivity contribution in [1.29, 1.82) is 0 Å². The van der Waals surface area contributed by atoms with Crippen LogP contribution in [0.25, 0.3) is 0 Å². The Kier molecular flexibility index (Phi) is 3.67. The molecular formula is C15H25N3S. The number of hydrogen-bond donors (Lipinski definition) is 1. The highest BCUT2D eigenvalue weighted by Gasteiger charge is 2.42. The Morgan fingerprint density at radius 2 is 2.26 bits per heavy atom. The zero-order valence-corrected chi connectivity index (χ0v) is 13.1. The first kappa shape index (κ1) is 13.5. The summed E-state index contributed by atoms with van der Waals surface area (Å²) in [6.07, 6.45) is 5.19. The third-order valence-corrected chi connectivity index (χ3v) is 5.33. The monoisotopic (exact) mass is 279 g/mol. The summed E-state index contributed by atoms with van der Waals surface area (Å²) in [5, 5.41) is 7.48. The molecule has 1 saturated heterocycles. The molecule has 2 aliphatic rings. The van der Waals surface area contributed by atoms with E-state index in [1.54, 1.807) is 0 Å². The van der Waals surface area contributed by atoms with Gasteiger partial charge < -0.3 is 10.2 Å². The fraction of sp³-hybridized carbons (Fsp3) is 0.800. The Morgan fingerprint density at radius 3 is 2.84 bits per heavy atom. The lowest BCUT2D eigenvalue weighted by Gasteiger charge is -2.41. The Hall–Kier alpha value is -0.450. The van der Waals surface area contributed by atoms with Gasteiger partial charge in [0.25, 0.3) is 0 Å². The van der Waals surface area contributed by atoms with Crippen molar-refractivity contribution in [2.24, 2.45) is 0 Å². The van der Waals surface area contributed by atoms with E-state index in [0.29, 0.717) is 5.92 Å². The SMILES string of the molecule is CC(C)c1csc(C2(NC3CC3)CCCN(C)C2)n1. The van der Waals surface area contributed by atoms with Crippen LogP contribution in [0.4, 0.5) is 0 Å². The van der Waals surface area contributed by atoms with Gasteiger partial charge in [0, 0.05) is 18.0 Å². The average Bonchev–Trinajstić information content (AvgIpc) is 3.01. The van der Waals surface area contributed by atoms with Crippen LogP contribution in [-0.4, -0.2) is 36.1 Å². The van der Waals surface area contributed by atoms with E-state index in [2.05, 4.69) is 36.5 Å². The Balaban J connectivity index is 1.87. The maximum Gasteiger partial charge on any atom is 0.114 e. The topological polar surface area (TPSA) is 28.2 Å². The minimum Gasteiger partial charge on any atom is -0.304 e. The number of hydrogen-bond acceptors (Lipinski definition) is 4. The Labute approximate surface area is 120 Å². The molecule has 106 valence electrons. The van der Waals surface area contributed by atoms with Gasteiger partial charge in [0.05, 0.1) is 11.2 Å². The molecule has 19 heavy (non-hydrogen) atoms. The summed E-state index contributed by atoms with van der Waals surface area (Å²) in [6, 6.07) is 0.734. The molecule has 0 amide bonds. The van der Waals surface area contributed by atoms with Crippen LogP contribution in [0.1, 0.15) is 56.2 Å². The smallest absolute Gasteiger partial charge is 0.114 e. The van der Waals surface area contributed by atoms with Gasteiger partial charge in [-0.25, -0.2) is 4.98 Å². The van der Waals surface area contributed by atoms with E-state index in [0.717, 1.165) is 12.6 Å². The first-order valence-electron chi connectivity index (χ1n) is 7.51. The van der Waals surface area contributed by atoms with Gasteiger partial charge in [-0.2, -0.15) is 0 Å². The minimum absolute atomic E-state index is 0.117. The molecule has 1 aliphatic carbocycles. The van der Waals surface area contributed by atoms with Crippen LogP contribution in [0.5, 0.6) is 0 Å². The van der Waals surface area contributed by atoms with Gasteiger partial charge in [0.1, 0.15) is 5.01 Å². The lowest BCUT2D eigenvalue weighted by Crippen LogP contribution is -2.54. The van der Waals surface area contributed by atoms with Crippen LogP contribution in [0.2, 0.25) is 0 Å². The van der Waals surface area contributed by atoms with Gasteiger partial charge >= 0.3 is 0 Å². The van der Waals surface area contributed by atoms with Crippen LogP contribution in [0, 0.1) is 0 Å². The van der Waals surface area contributed by atoms with Crippen molar-refractivity contribution in [1.82, 2.24) is 15.2 Å². The maximum atomic E-state index is 4.95.